The average Bonchev–Trinajstić information content (AvgIpc) is 2.61. The van der Waals surface area contributed by atoms with Crippen molar-refractivity contribution in [2.75, 3.05) is 33.2 Å². The van der Waals surface area contributed by atoms with Gasteiger partial charge in [-0.2, -0.15) is 0 Å². The molecule has 25 heavy (non-hydrogen) atoms. The number of hydrogen-bond acceptors (Lipinski definition) is 2. The van der Waals surface area contributed by atoms with Crippen LogP contribution in [0.15, 0.2) is 29.3 Å². The summed E-state index contributed by atoms with van der Waals surface area (Å²) in [5, 5.41) is 3.20. The van der Waals surface area contributed by atoms with Crippen molar-refractivity contribution >= 4 is 35.8 Å². The summed E-state index contributed by atoms with van der Waals surface area (Å²) in [6, 6.07) is 6.42. The van der Waals surface area contributed by atoms with Gasteiger partial charge in [0.05, 0.1) is 0 Å². The summed E-state index contributed by atoms with van der Waals surface area (Å²) in [5.41, 5.74) is 0.992. The highest BCUT2D eigenvalue weighted by molar-refractivity contribution is 14.0. The molecular weight excluding hydrogens is 434 g/mol. The molecule has 0 spiro atoms. The van der Waals surface area contributed by atoms with Gasteiger partial charge < -0.3 is 15.1 Å². The first kappa shape index (κ1) is 21.7. The van der Waals surface area contributed by atoms with Crippen molar-refractivity contribution in [3.63, 3.8) is 0 Å². The van der Waals surface area contributed by atoms with Crippen molar-refractivity contribution in [3.8, 4) is 0 Å². The molecule has 1 aliphatic rings. The van der Waals surface area contributed by atoms with Gasteiger partial charge in [0, 0.05) is 33.2 Å². The second-order valence-electron chi connectivity index (χ2n) is 6.09. The third-order valence-electron chi connectivity index (χ3n) is 4.10. The zero-order valence-electron chi connectivity index (χ0n) is 15.0. The molecule has 5 nitrogen and oxygen atoms in total. The smallest absolute Gasteiger partial charge is 0.244 e. The fraction of sp³-hybridized carbons (Fsp3) is 0.556. The highest BCUT2D eigenvalue weighted by Crippen LogP contribution is 2.09. The van der Waals surface area contributed by atoms with Gasteiger partial charge in [-0.25, -0.2) is 9.38 Å². The lowest BCUT2D eigenvalue weighted by Gasteiger charge is -2.27. The van der Waals surface area contributed by atoms with Crippen molar-refractivity contribution in [1.82, 2.24) is 15.1 Å². The summed E-state index contributed by atoms with van der Waals surface area (Å²) in [7, 11) is 1.91. The van der Waals surface area contributed by atoms with E-state index in [1.165, 1.54) is 18.6 Å². The SMILES string of the molecule is CCNC(=NCC(=O)N1CCCCC1)N(C)Cc1ccc(F)cc1.I. The molecule has 1 N–H and O–H groups in total. The Hall–Kier alpha value is -1.38. The molecule has 140 valence electrons. The maximum atomic E-state index is 13.0. The first-order valence-corrected chi connectivity index (χ1v) is 8.62. The van der Waals surface area contributed by atoms with E-state index in [1.807, 2.05) is 23.8 Å². The maximum absolute atomic E-state index is 13.0. The Morgan fingerprint density at radius 1 is 1.24 bits per heavy atom. The number of halogens is 2. The van der Waals surface area contributed by atoms with Crippen LogP contribution in [0.4, 0.5) is 4.39 Å². The van der Waals surface area contributed by atoms with Crippen molar-refractivity contribution in [3.05, 3.63) is 35.6 Å². The number of amides is 1. The van der Waals surface area contributed by atoms with Gasteiger partial charge in [0.2, 0.25) is 5.91 Å². The Bertz CT molecular complexity index is 559. The molecule has 1 aliphatic heterocycles. The molecule has 1 aromatic rings. The largest absolute Gasteiger partial charge is 0.357 e. The van der Waals surface area contributed by atoms with E-state index in [2.05, 4.69) is 10.3 Å². The molecule has 1 amide bonds. The first-order valence-electron chi connectivity index (χ1n) is 8.62. The van der Waals surface area contributed by atoms with Gasteiger partial charge in [-0.1, -0.05) is 12.1 Å². The summed E-state index contributed by atoms with van der Waals surface area (Å²) in [6.07, 6.45) is 3.37. The predicted octanol–water partition coefficient (Wildman–Crippen LogP) is 2.85. The second-order valence-corrected chi connectivity index (χ2v) is 6.09. The topological polar surface area (TPSA) is 47.9 Å². The standard InChI is InChI=1S/C18H27FN4O.HI/c1-3-20-18(21-13-17(24)23-11-5-4-6-12-23)22(2)14-15-7-9-16(19)10-8-15;/h7-10H,3-6,11-14H2,1-2H3,(H,20,21);1H. The molecule has 0 aromatic heterocycles. The highest BCUT2D eigenvalue weighted by Gasteiger charge is 2.16. The summed E-state index contributed by atoms with van der Waals surface area (Å²) in [6.45, 7) is 5.17. The molecule has 1 heterocycles. The van der Waals surface area contributed by atoms with Crippen LogP contribution in [0.25, 0.3) is 0 Å². The monoisotopic (exact) mass is 462 g/mol. The Kier molecular flexibility index (Phi) is 9.77. The van der Waals surface area contributed by atoms with Crippen LogP contribution in [-0.4, -0.2) is 54.9 Å². The number of nitrogens with one attached hydrogen (secondary N) is 1. The van der Waals surface area contributed by atoms with Crippen molar-refractivity contribution < 1.29 is 9.18 Å². The van der Waals surface area contributed by atoms with Crippen LogP contribution in [-0.2, 0) is 11.3 Å². The highest BCUT2D eigenvalue weighted by atomic mass is 127. The first-order chi connectivity index (χ1) is 11.6. The molecule has 1 aromatic carbocycles. The second kappa shape index (κ2) is 11.3. The van der Waals surface area contributed by atoms with Crippen LogP contribution >= 0.6 is 24.0 Å². The minimum Gasteiger partial charge on any atom is -0.357 e. The third-order valence-corrected chi connectivity index (χ3v) is 4.10. The van der Waals surface area contributed by atoms with Crippen LogP contribution in [0, 0.1) is 5.82 Å². The molecule has 0 unspecified atom stereocenters. The van der Waals surface area contributed by atoms with Gasteiger partial charge in [0.1, 0.15) is 12.4 Å². The summed E-state index contributed by atoms with van der Waals surface area (Å²) in [5.74, 6) is 0.529. The molecule has 0 atom stereocenters. The Balaban J connectivity index is 0.00000312. The Morgan fingerprint density at radius 3 is 2.48 bits per heavy atom. The molecule has 0 aliphatic carbocycles. The minimum atomic E-state index is -0.242. The van der Waals surface area contributed by atoms with Gasteiger partial charge >= 0.3 is 0 Å². The number of nitrogens with zero attached hydrogens (tertiary/aromatic N) is 3. The number of rotatable bonds is 5. The lowest BCUT2D eigenvalue weighted by Crippen LogP contribution is -2.41. The summed E-state index contributed by atoms with van der Waals surface area (Å²) >= 11 is 0. The molecule has 0 bridgehead atoms. The van der Waals surface area contributed by atoms with Crippen LogP contribution in [0.3, 0.4) is 0 Å². The number of piperidine rings is 1. The lowest BCUT2D eigenvalue weighted by molar-refractivity contribution is -0.130. The molecular formula is C18H28FIN4O. The van der Waals surface area contributed by atoms with Gasteiger partial charge in [-0.05, 0) is 43.9 Å². The molecule has 1 fully saturated rings. The molecule has 0 radical (unpaired) electrons. The van der Waals surface area contributed by atoms with E-state index in [9.17, 15) is 9.18 Å². The predicted molar refractivity (Wildman–Crippen MR) is 110 cm³/mol. The van der Waals surface area contributed by atoms with E-state index >= 15 is 0 Å². The van der Waals surface area contributed by atoms with Crippen molar-refractivity contribution in [2.24, 2.45) is 4.99 Å². The number of carbonyl (C=O) groups excluding carboxylic acids is 1. The van der Waals surface area contributed by atoms with Gasteiger partial charge in [-0.3, -0.25) is 4.79 Å². The van der Waals surface area contributed by atoms with Gasteiger partial charge in [0.15, 0.2) is 5.96 Å². The summed E-state index contributed by atoms with van der Waals surface area (Å²) in [4.78, 5) is 20.6. The molecule has 2 rings (SSSR count). The van der Waals surface area contributed by atoms with E-state index in [4.69, 9.17) is 0 Å². The number of guanidine groups is 1. The number of likely N-dealkylation sites (tertiary alicyclic amines) is 1. The quantitative estimate of drug-likeness (QED) is 0.416. The average molecular weight is 462 g/mol. The zero-order valence-corrected chi connectivity index (χ0v) is 17.3. The van der Waals surface area contributed by atoms with E-state index in [0.717, 1.165) is 38.0 Å². The number of hydrogen-bond donors (Lipinski definition) is 1. The van der Waals surface area contributed by atoms with Crippen molar-refractivity contribution in [1.29, 1.82) is 0 Å². The fourth-order valence-electron chi connectivity index (χ4n) is 2.79. The molecule has 0 saturated carbocycles. The van der Waals surface area contributed by atoms with E-state index in [-0.39, 0.29) is 42.2 Å². The van der Waals surface area contributed by atoms with E-state index < -0.39 is 0 Å². The minimum absolute atomic E-state index is 0. The zero-order chi connectivity index (χ0) is 17.4. The molecule has 7 heteroatoms. The Labute approximate surface area is 166 Å². The number of aliphatic imine (C=N–C) groups is 1. The van der Waals surface area contributed by atoms with Gasteiger partial charge in [-0.15, -0.1) is 24.0 Å². The van der Waals surface area contributed by atoms with E-state index in [0.29, 0.717) is 12.5 Å². The van der Waals surface area contributed by atoms with Crippen LogP contribution in [0.5, 0.6) is 0 Å². The van der Waals surface area contributed by atoms with Crippen LogP contribution < -0.4 is 5.32 Å². The molecule has 1 saturated heterocycles. The summed E-state index contributed by atoms with van der Waals surface area (Å²) < 4.78 is 13.0. The Morgan fingerprint density at radius 2 is 1.88 bits per heavy atom. The number of carbonyl (C=O) groups is 1. The normalized spacial score (nSPS) is 14.7. The van der Waals surface area contributed by atoms with Crippen molar-refractivity contribution in [2.45, 2.75) is 32.7 Å². The van der Waals surface area contributed by atoms with Gasteiger partial charge in [0.25, 0.3) is 0 Å². The van der Waals surface area contributed by atoms with Crippen LogP contribution in [0.2, 0.25) is 0 Å². The maximum Gasteiger partial charge on any atom is 0.244 e. The van der Waals surface area contributed by atoms with E-state index in [1.54, 1.807) is 12.1 Å². The third kappa shape index (κ3) is 7.17. The lowest BCUT2D eigenvalue weighted by atomic mass is 10.1. The number of benzene rings is 1. The van der Waals surface area contributed by atoms with Crippen LogP contribution in [0.1, 0.15) is 31.7 Å². The fourth-order valence-corrected chi connectivity index (χ4v) is 2.79.